The minimum absolute atomic E-state index is 0.305. The molecule has 0 radical (unpaired) electrons. The third kappa shape index (κ3) is 3.95. The van der Waals surface area contributed by atoms with E-state index >= 15 is 0 Å². The van der Waals surface area contributed by atoms with Gasteiger partial charge in [0, 0.05) is 25.2 Å². The maximum atomic E-state index is 2.64. The van der Waals surface area contributed by atoms with E-state index in [1.807, 2.05) is 0 Å². The Morgan fingerprint density at radius 2 is 1.16 bits per heavy atom. The normalized spacial score (nSPS) is 19.9. The summed E-state index contributed by atoms with van der Waals surface area (Å²) in [5, 5.41) is 0. The van der Waals surface area contributed by atoms with Gasteiger partial charge in [0.25, 0.3) is 0 Å². The van der Waals surface area contributed by atoms with Crippen molar-refractivity contribution in [2.45, 2.75) is 38.6 Å². The van der Waals surface area contributed by atoms with Crippen molar-refractivity contribution in [3.05, 3.63) is 71.8 Å². The Morgan fingerprint density at radius 1 is 0.760 bits per heavy atom. The number of hydrogen-bond acceptors (Lipinski definition) is 3. The lowest BCUT2D eigenvalue weighted by molar-refractivity contribution is -0.112. The van der Waals surface area contributed by atoms with Crippen LogP contribution in [0.15, 0.2) is 60.7 Å². The summed E-state index contributed by atoms with van der Waals surface area (Å²) in [5.41, 5.74) is 2.78. The maximum Gasteiger partial charge on any atom is 0.120 e. The third-order valence-electron chi connectivity index (χ3n) is 5.45. The van der Waals surface area contributed by atoms with Crippen molar-refractivity contribution in [3.8, 4) is 0 Å². The molecule has 1 aliphatic rings. The molecule has 134 valence electrons. The van der Waals surface area contributed by atoms with E-state index in [2.05, 4.69) is 103 Å². The van der Waals surface area contributed by atoms with Gasteiger partial charge in [-0.15, -0.1) is 0 Å². The number of nitrogens with zero attached hydrogens (tertiary/aromatic N) is 3. The van der Waals surface area contributed by atoms with Crippen molar-refractivity contribution in [3.63, 3.8) is 0 Å². The lowest BCUT2D eigenvalue weighted by Crippen LogP contribution is -2.60. The highest BCUT2D eigenvalue weighted by molar-refractivity contribution is 5.20. The molecular weight excluding hydrogens is 306 g/mol. The molecule has 2 aromatic rings. The SMILES string of the molecule is C[C@@H](c1ccccc1)N1CCCN([C@@H](C)c2ccccc2)C1N(C)C. The molecule has 1 heterocycles. The van der Waals surface area contributed by atoms with Crippen molar-refractivity contribution in [1.29, 1.82) is 0 Å². The van der Waals surface area contributed by atoms with E-state index in [0.29, 0.717) is 18.4 Å². The van der Waals surface area contributed by atoms with Gasteiger partial charge in [-0.2, -0.15) is 0 Å². The summed E-state index contributed by atoms with van der Waals surface area (Å²) >= 11 is 0. The Kier molecular flexibility index (Phi) is 5.89. The van der Waals surface area contributed by atoms with Crippen LogP contribution >= 0.6 is 0 Å². The Balaban J connectivity index is 1.87. The summed E-state index contributed by atoms with van der Waals surface area (Å²) in [6.07, 6.45) is 1.51. The van der Waals surface area contributed by atoms with E-state index in [-0.39, 0.29) is 0 Å². The molecule has 0 bridgehead atoms. The predicted octanol–water partition coefficient (Wildman–Crippen LogP) is 4.36. The lowest BCUT2D eigenvalue weighted by Gasteiger charge is -2.51. The first-order valence-corrected chi connectivity index (χ1v) is 9.37. The molecule has 3 rings (SSSR count). The van der Waals surface area contributed by atoms with Crippen LogP contribution in [0.5, 0.6) is 0 Å². The number of hydrogen-bond donors (Lipinski definition) is 0. The topological polar surface area (TPSA) is 9.72 Å². The molecule has 0 amide bonds. The summed E-state index contributed by atoms with van der Waals surface area (Å²) < 4.78 is 0. The van der Waals surface area contributed by atoms with Crippen LogP contribution in [0.1, 0.15) is 43.5 Å². The average Bonchev–Trinajstić information content (AvgIpc) is 2.67. The van der Waals surface area contributed by atoms with Crippen molar-refractivity contribution < 1.29 is 0 Å². The molecule has 0 aromatic heterocycles. The monoisotopic (exact) mass is 337 g/mol. The van der Waals surface area contributed by atoms with Gasteiger partial charge >= 0.3 is 0 Å². The van der Waals surface area contributed by atoms with Gasteiger partial charge in [0.15, 0.2) is 0 Å². The van der Waals surface area contributed by atoms with Gasteiger partial charge in [0.2, 0.25) is 0 Å². The largest absolute Gasteiger partial charge is 0.282 e. The van der Waals surface area contributed by atoms with Gasteiger partial charge in [-0.3, -0.25) is 14.7 Å². The molecule has 3 heteroatoms. The van der Waals surface area contributed by atoms with Crippen LogP contribution in [0.25, 0.3) is 0 Å². The van der Waals surface area contributed by atoms with E-state index in [1.165, 1.54) is 17.5 Å². The first-order chi connectivity index (χ1) is 12.1. The van der Waals surface area contributed by atoms with Crippen LogP contribution in [-0.2, 0) is 0 Å². The van der Waals surface area contributed by atoms with Crippen molar-refractivity contribution in [1.82, 2.24) is 14.7 Å². The molecule has 0 unspecified atom stereocenters. The zero-order valence-electron chi connectivity index (χ0n) is 16.0. The van der Waals surface area contributed by atoms with Crippen molar-refractivity contribution in [2.75, 3.05) is 27.2 Å². The molecule has 0 spiro atoms. The first-order valence-electron chi connectivity index (χ1n) is 9.37. The zero-order valence-corrected chi connectivity index (χ0v) is 16.0. The second-order valence-corrected chi connectivity index (χ2v) is 7.31. The Hall–Kier alpha value is -1.68. The van der Waals surface area contributed by atoms with Crippen LogP contribution in [0, 0.1) is 0 Å². The Bertz CT molecular complexity index is 587. The summed E-state index contributed by atoms with van der Waals surface area (Å²) in [5.74, 6) is 0. The quantitative estimate of drug-likeness (QED) is 0.802. The van der Waals surface area contributed by atoms with E-state index in [0.717, 1.165) is 13.1 Å². The van der Waals surface area contributed by atoms with Crippen LogP contribution < -0.4 is 0 Å². The molecule has 0 N–H and O–H groups in total. The van der Waals surface area contributed by atoms with Gasteiger partial charge in [-0.05, 0) is 45.5 Å². The smallest absolute Gasteiger partial charge is 0.120 e. The summed E-state index contributed by atoms with van der Waals surface area (Å²) in [4.78, 5) is 7.63. The van der Waals surface area contributed by atoms with E-state index in [4.69, 9.17) is 0 Å². The molecule has 2 atom stereocenters. The molecular formula is C22H31N3. The minimum atomic E-state index is 0.305. The predicted molar refractivity (Wildman–Crippen MR) is 105 cm³/mol. The average molecular weight is 338 g/mol. The van der Waals surface area contributed by atoms with E-state index in [1.54, 1.807) is 0 Å². The fourth-order valence-corrected chi connectivity index (χ4v) is 4.08. The lowest BCUT2D eigenvalue weighted by atomic mass is 10.0. The van der Waals surface area contributed by atoms with Crippen LogP contribution in [0.4, 0.5) is 0 Å². The van der Waals surface area contributed by atoms with Crippen molar-refractivity contribution >= 4 is 0 Å². The second-order valence-electron chi connectivity index (χ2n) is 7.31. The second kappa shape index (κ2) is 8.13. The maximum absolute atomic E-state index is 2.64. The van der Waals surface area contributed by atoms with Gasteiger partial charge in [0.1, 0.15) is 6.29 Å². The molecule has 0 aliphatic carbocycles. The Labute approximate surface area is 152 Å². The van der Waals surface area contributed by atoms with E-state index in [9.17, 15) is 0 Å². The minimum Gasteiger partial charge on any atom is -0.282 e. The molecule has 2 aromatic carbocycles. The molecule has 0 saturated carbocycles. The molecule has 1 aliphatic heterocycles. The van der Waals surface area contributed by atoms with Gasteiger partial charge in [-0.25, -0.2) is 0 Å². The van der Waals surface area contributed by atoms with Crippen LogP contribution in [-0.4, -0.2) is 48.2 Å². The fourth-order valence-electron chi connectivity index (χ4n) is 4.08. The van der Waals surface area contributed by atoms with Gasteiger partial charge < -0.3 is 0 Å². The summed E-state index contributed by atoms with van der Waals surface area (Å²) in [6, 6.07) is 22.6. The molecule has 1 saturated heterocycles. The summed E-state index contributed by atoms with van der Waals surface area (Å²) in [6.45, 7) is 6.94. The number of rotatable bonds is 5. The highest BCUT2D eigenvalue weighted by Crippen LogP contribution is 2.33. The zero-order chi connectivity index (χ0) is 17.8. The first kappa shape index (κ1) is 18.1. The van der Waals surface area contributed by atoms with Crippen LogP contribution in [0.3, 0.4) is 0 Å². The summed E-state index contributed by atoms with van der Waals surface area (Å²) in [7, 11) is 4.40. The Morgan fingerprint density at radius 3 is 1.52 bits per heavy atom. The molecule has 1 fully saturated rings. The van der Waals surface area contributed by atoms with Gasteiger partial charge in [-0.1, -0.05) is 60.7 Å². The molecule has 25 heavy (non-hydrogen) atoms. The van der Waals surface area contributed by atoms with Gasteiger partial charge in [0.05, 0.1) is 0 Å². The fraction of sp³-hybridized carbons (Fsp3) is 0.455. The highest BCUT2D eigenvalue weighted by Gasteiger charge is 2.36. The molecule has 3 nitrogen and oxygen atoms in total. The third-order valence-corrected chi connectivity index (χ3v) is 5.45. The number of benzene rings is 2. The highest BCUT2D eigenvalue weighted by atomic mass is 15.5. The van der Waals surface area contributed by atoms with Crippen LogP contribution in [0.2, 0.25) is 0 Å². The van der Waals surface area contributed by atoms with Crippen molar-refractivity contribution in [2.24, 2.45) is 0 Å². The van der Waals surface area contributed by atoms with E-state index < -0.39 is 0 Å². The standard InChI is InChI=1S/C22H31N3/c1-18(20-12-7-5-8-13-20)24-16-11-17-25(22(24)23(3)4)19(2)21-14-9-6-10-15-21/h5-10,12-15,18-19,22H,11,16-17H2,1-4H3/t18-,19-/m0/s1.